The van der Waals surface area contributed by atoms with Gasteiger partial charge in [-0.15, -0.1) is 0 Å². The van der Waals surface area contributed by atoms with Crippen molar-refractivity contribution in [2.45, 2.75) is 46.0 Å². The highest BCUT2D eigenvalue weighted by atomic mass is 16.3. The van der Waals surface area contributed by atoms with Gasteiger partial charge >= 0.3 is 0 Å². The second-order valence-electron chi connectivity index (χ2n) is 5.24. The van der Waals surface area contributed by atoms with E-state index in [9.17, 15) is 9.90 Å². The Morgan fingerprint density at radius 1 is 1.24 bits per heavy atom. The molecule has 2 aromatic rings. The lowest BCUT2D eigenvalue weighted by molar-refractivity contribution is 0.452. The summed E-state index contributed by atoms with van der Waals surface area (Å²) < 4.78 is 0. The van der Waals surface area contributed by atoms with Crippen molar-refractivity contribution in [1.29, 1.82) is 0 Å². The lowest BCUT2D eigenvalue weighted by atomic mass is 10.1. The molecule has 0 bridgehead atoms. The van der Waals surface area contributed by atoms with Crippen LogP contribution in [-0.2, 0) is 6.42 Å². The van der Waals surface area contributed by atoms with Gasteiger partial charge < -0.3 is 10.1 Å². The minimum atomic E-state index is -0.507. The first kappa shape index (κ1) is 15.2. The third kappa shape index (κ3) is 3.90. The number of nitrogens with zero attached hydrogens (tertiary/aromatic N) is 2. The minimum Gasteiger partial charge on any atom is -0.502 e. The second kappa shape index (κ2) is 7.02. The molecule has 2 heterocycles. The molecule has 0 amide bonds. The summed E-state index contributed by atoms with van der Waals surface area (Å²) in [5.74, 6) is 0.130. The van der Waals surface area contributed by atoms with E-state index in [1.807, 2.05) is 19.1 Å². The van der Waals surface area contributed by atoms with E-state index in [0.29, 0.717) is 23.6 Å². The van der Waals surface area contributed by atoms with Crippen molar-refractivity contribution in [3.8, 4) is 17.3 Å². The number of aryl methyl sites for hydroxylation is 2. The van der Waals surface area contributed by atoms with Crippen LogP contribution < -0.4 is 5.56 Å². The Morgan fingerprint density at radius 3 is 2.71 bits per heavy atom. The Hall–Kier alpha value is -2.17. The van der Waals surface area contributed by atoms with Gasteiger partial charge in [-0.1, -0.05) is 32.3 Å². The number of aromatic amines is 1. The van der Waals surface area contributed by atoms with E-state index >= 15 is 0 Å². The van der Waals surface area contributed by atoms with Gasteiger partial charge in [-0.25, -0.2) is 4.98 Å². The summed E-state index contributed by atoms with van der Waals surface area (Å²) in [7, 11) is 0. The van der Waals surface area contributed by atoms with Crippen LogP contribution in [0.2, 0.25) is 0 Å². The number of hydrogen-bond acceptors (Lipinski definition) is 4. The van der Waals surface area contributed by atoms with Crippen LogP contribution in [0.1, 0.15) is 43.9 Å². The third-order valence-corrected chi connectivity index (χ3v) is 3.39. The topological polar surface area (TPSA) is 78.9 Å². The van der Waals surface area contributed by atoms with Gasteiger partial charge in [-0.3, -0.25) is 9.78 Å². The number of rotatable bonds is 6. The Bertz CT molecular complexity index is 648. The highest BCUT2D eigenvalue weighted by molar-refractivity contribution is 5.50. The Balaban J connectivity index is 2.25. The summed E-state index contributed by atoms with van der Waals surface area (Å²) in [6.45, 7) is 4.09. The van der Waals surface area contributed by atoms with Crippen LogP contribution in [0.15, 0.2) is 23.1 Å². The summed E-state index contributed by atoms with van der Waals surface area (Å²) >= 11 is 0. The number of aromatic hydroxyl groups is 1. The second-order valence-corrected chi connectivity index (χ2v) is 5.24. The summed E-state index contributed by atoms with van der Waals surface area (Å²) in [4.78, 5) is 23.0. The summed E-state index contributed by atoms with van der Waals surface area (Å²) in [6, 6.07) is 3.72. The average Bonchev–Trinajstić information content (AvgIpc) is 2.48. The Labute approximate surface area is 124 Å². The van der Waals surface area contributed by atoms with Gasteiger partial charge in [0.05, 0.1) is 5.69 Å². The normalized spacial score (nSPS) is 10.8. The monoisotopic (exact) mass is 287 g/mol. The molecule has 0 atom stereocenters. The lowest BCUT2D eigenvalue weighted by Crippen LogP contribution is -2.12. The Morgan fingerprint density at radius 2 is 2.05 bits per heavy atom. The zero-order valence-electron chi connectivity index (χ0n) is 12.5. The van der Waals surface area contributed by atoms with Crippen molar-refractivity contribution in [3.63, 3.8) is 0 Å². The summed E-state index contributed by atoms with van der Waals surface area (Å²) in [6.07, 6.45) is 6.61. The maximum absolute atomic E-state index is 11.8. The molecule has 0 radical (unpaired) electrons. The molecular weight excluding hydrogens is 266 g/mol. The van der Waals surface area contributed by atoms with E-state index in [-0.39, 0.29) is 5.75 Å². The molecule has 0 aliphatic heterocycles. The van der Waals surface area contributed by atoms with Crippen LogP contribution in [0.5, 0.6) is 5.75 Å². The van der Waals surface area contributed by atoms with Crippen molar-refractivity contribution >= 4 is 0 Å². The van der Waals surface area contributed by atoms with E-state index in [2.05, 4.69) is 21.9 Å². The first-order valence-corrected chi connectivity index (χ1v) is 7.37. The van der Waals surface area contributed by atoms with Crippen LogP contribution in [0.25, 0.3) is 11.5 Å². The summed E-state index contributed by atoms with van der Waals surface area (Å²) in [5.41, 5.74) is 1.59. The van der Waals surface area contributed by atoms with Gasteiger partial charge in [-0.2, -0.15) is 0 Å². The predicted octanol–water partition coefficient (Wildman–Crippen LogP) is 2.97. The number of hydrogen-bond donors (Lipinski definition) is 2. The number of H-pyrrole nitrogens is 1. The smallest absolute Gasteiger partial charge is 0.293 e. The molecule has 112 valence electrons. The number of pyridine rings is 1. The molecular formula is C16H21N3O2. The van der Waals surface area contributed by atoms with Crippen molar-refractivity contribution in [2.75, 3.05) is 0 Å². The minimum absolute atomic E-state index is 0.276. The fourth-order valence-corrected chi connectivity index (χ4v) is 2.14. The largest absolute Gasteiger partial charge is 0.502 e. The molecule has 2 N–H and O–H groups in total. The third-order valence-electron chi connectivity index (χ3n) is 3.39. The quantitative estimate of drug-likeness (QED) is 0.801. The van der Waals surface area contributed by atoms with E-state index in [0.717, 1.165) is 31.2 Å². The maximum atomic E-state index is 11.8. The molecule has 0 aliphatic carbocycles. The van der Waals surface area contributed by atoms with Crippen LogP contribution >= 0.6 is 0 Å². The standard InChI is InChI=1S/C16H21N3O2/c1-3-4-5-6-7-12-14(20)16(21)19-15(18-12)13-9-8-11(2)10-17-13/h8-10,20H,3-7H2,1-2H3,(H,18,19,21). The zero-order valence-corrected chi connectivity index (χ0v) is 12.5. The molecule has 0 saturated heterocycles. The van der Waals surface area contributed by atoms with E-state index in [1.165, 1.54) is 0 Å². The van der Waals surface area contributed by atoms with Crippen LogP contribution in [-0.4, -0.2) is 20.1 Å². The molecule has 21 heavy (non-hydrogen) atoms. The van der Waals surface area contributed by atoms with Gasteiger partial charge in [-0.05, 0) is 31.4 Å². The van der Waals surface area contributed by atoms with Crippen molar-refractivity contribution in [1.82, 2.24) is 15.0 Å². The Kier molecular flexibility index (Phi) is 5.09. The first-order valence-electron chi connectivity index (χ1n) is 7.37. The zero-order chi connectivity index (χ0) is 15.2. The number of unbranched alkanes of at least 4 members (excludes halogenated alkanes) is 3. The van der Waals surface area contributed by atoms with E-state index < -0.39 is 5.56 Å². The van der Waals surface area contributed by atoms with Gasteiger partial charge in [0.25, 0.3) is 5.56 Å². The van der Waals surface area contributed by atoms with Crippen molar-refractivity contribution in [2.24, 2.45) is 0 Å². The molecule has 0 saturated carbocycles. The lowest BCUT2D eigenvalue weighted by Gasteiger charge is -2.06. The molecule has 0 fully saturated rings. The fraction of sp³-hybridized carbons (Fsp3) is 0.438. The van der Waals surface area contributed by atoms with Crippen LogP contribution in [0.4, 0.5) is 0 Å². The van der Waals surface area contributed by atoms with Crippen molar-refractivity contribution in [3.05, 3.63) is 39.9 Å². The van der Waals surface area contributed by atoms with Crippen LogP contribution in [0, 0.1) is 6.92 Å². The predicted molar refractivity (Wildman–Crippen MR) is 82.3 cm³/mol. The number of aromatic nitrogens is 3. The van der Waals surface area contributed by atoms with E-state index in [1.54, 1.807) is 6.20 Å². The molecule has 2 rings (SSSR count). The fourth-order valence-electron chi connectivity index (χ4n) is 2.14. The average molecular weight is 287 g/mol. The number of nitrogens with one attached hydrogen (secondary N) is 1. The van der Waals surface area contributed by atoms with Gasteiger partial charge in [0.2, 0.25) is 5.75 Å². The maximum Gasteiger partial charge on any atom is 0.293 e. The molecule has 0 spiro atoms. The van der Waals surface area contributed by atoms with E-state index in [4.69, 9.17) is 0 Å². The molecule has 0 aliphatic rings. The molecule has 5 nitrogen and oxygen atoms in total. The first-order chi connectivity index (χ1) is 10.1. The molecule has 2 aromatic heterocycles. The van der Waals surface area contributed by atoms with Gasteiger partial charge in [0.15, 0.2) is 5.82 Å². The highest BCUT2D eigenvalue weighted by Crippen LogP contribution is 2.17. The molecule has 5 heteroatoms. The van der Waals surface area contributed by atoms with Crippen molar-refractivity contribution < 1.29 is 5.11 Å². The van der Waals surface area contributed by atoms with Gasteiger partial charge in [0.1, 0.15) is 5.69 Å². The molecule has 0 aromatic carbocycles. The van der Waals surface area contributed by atoms with Crippen LogP contribution in [0.3, 0.4) is 0 Å². The molecule has 0 unspecified atom stereocenters. The highest BCUT2D eigenvalue weighted by Gasteiger charge is 2.11. The van der Waals surface area contributed by atoms with Gasteiger partial charge in [0, 0.05) is 6.20 Å². The SMILES string of the molecule is CCCCCCc1nc(-c2ccc(C)cn2)[nH]c(=O)c1O. The summed E-state index contributed by atoms with van der Waals surface area (Å²) in [5, 5.41) is 9.84.